The van der Waals surface area contributed by atoms with Gasteiger partial charge in [0.2, 0.25) is 0 Å². The highest BCUT2D eigenvalue weighted by Crippen LogP contribution is 2.44. The summed E-state index contributed by atoms with van der Waals surface area (Å²) in [7, 11) is 1.60. The standard InChI is InChI=1S/C43H51BrClN3O6/c1-5-47(34-9-7-6-8-10-34)24-32-21-31(22-37(44)40(32)46)43(51)53-25-28-11-13-29(14-12-28)41(54-27(3)49)39-26(2)48(38-20-19-35(52-4)23-36(38)39)42(50)30-15-17-33(45)18-16-30/h15-23,28-29,34,41H,5-14,24-25,46H2,1-4H3. The third kappa shape index (κ3) is 8.82. The molecule has 2 saturated carbocycles. The van der Waals surface area contributed by atoms with Gasteiger partial charge in [0.25, 0.3) is 5.91 Å². The maximum Gasteiger partial charge on any atom is 0.338 e. The number of benzene rings is 3. The Bertz CT molecular complexity index is 1980. The molecule has 3 aromatic carbocycles. The first-order valence-corrected chi connectivity index (χ1v) is 20.3. The van der Waals surface area contributed by atoms with E-state index in [1.807, 2.05) is 31.2 Å². The predicted octanol–water partition coefficient (Wildman–Crippen LogP) is 10.1. The molecule has 1 aromatic heterocycles. The second-order valence-electron chi connectivity index (χ2n) is 14.8. The SMILES string of the molecule is CCN(Cc1cc(C(=O)OCC2CCC(C(OC(C)=O)c3c(C)n(C(=O)c4ccc(Cl)cc4)c4ccc(OC)cc34)CC2)cc(Br)c1N)C1CCCCC1. The Labute approximate surface area is 331 Å². The van der Waals surface area contributed by atoms with Crippen LogP contribution in [0.4, 0.5) is 5.69 Å². The lowest BCUT2D eigenvalue weighted by Gasteiger charge is -2.34. The van der Waals surface area contributed by atoms with Crippen molar-refractivity contribution in [1.82, 2.24) is 9.47 Å². The smallest absolute Gasteiger partial charge is 0.338 e. The van der Waals surface area contributed by atoms with Crippen molar-refractivity contribution in [1.29, 1.82) is 0 Å². The van der Waals surface area contributed by atoms with Crippen LogP contribution < -0.4 is 10.5 Å². The summed E-state index contributed by atoms with van der Waals surface area (Å²) < 4.78 is 20.0. The van der Waals surface area contributed by atoms with Gasteiger partial charge in [0.15, 0.2) is 0 Å². The van der Waals surface area contributed by atoms with Crippen molar-refractivity contribution in [3.8, 4) is 5.75 Å². The highest BCUT2D eigenvalue weighted by Gasteiger charge is 2.36. The average Bonchev–Trinajstić information content (AvgIpc) is 3.47. The van der Waals surface area contributed by atoms with Crippen molar-refractivity contribution in [2.45, 2.75) is 97.2 Å². The number of aromatic nitrogens is 1. The van der Waals surface area contributed by atoms with E-state index in [-0.39, 0.29) is 23.7 Å². The average molecular weight is 821 g/mol. The van der Waals surface area contributed by atoms with Gasteiger partial charge in [0.05, 0.1) is 30.5 Å². The second-order valence-corrected chi connectivity index (χ2v) is 16.1. The minimum absolute atomic E-state index is 0.00303. The minimum Gasteiger partial charge on any atom is -0.497 e. The molecule has 2 aliphatic rings. The van der Waals surface area contributed by atoms with E-state index in [2.05, 4.69) is 27.8 Å². The molecule has 0 radical (unpaired) electrons. The predicted molar refractivity (Wildman–Crippen MR) is 216 cm³/mol. The molecule has 9 nitrogen and oxygen atoms in total. The number of anilines is 1. The van der Waals surface area contributed by atoms with E-state index in [1.54, 1.807) is 42.0 Å². The molecule has 0 spiro atoms. The lowest BCUT2D eigenvalue weighted by Crippen LogP contribution is -2.36. The molecule has 0 bridgehead atoms. The molecule has 288 valence electrons. The van der Waals surface area contributed by atoms with Crippen LogP contribution in [-0.4, -0.2) is 53.6 Å². The molecule has 1 unspecified atom stereocenters. The number of carbonyl (C=O) groups excluding carboxylic acids is 3. The van der Waals surface area contributed by atoms with E-state index in [0.717, 1.165) is 48.7 Å². The maximum atomic E-state index is 14.0. The molecule has 0 saturated heterocycles. The number of nitrogen functional groups attached to an aromatic ring is 1. The number of fused-ring (bicyclic) bond motifs is 1. The summed E-state index contributed by atoms with van der Waals surface area (Å²) in [6.07, 6.45) is 8.72. The Hall–Kier alpha value is -3.86. The molecule has 4 aromatic rings. The van der Waals surface area contributed by atoms with E-state index in [9.17, 15) is 14.4 Å². The van der Waals surface area contributed by atoms with Crippen molar-refractivity contribution in [3.05, 3.63) is 92.0 Å². The first-order valence-electron chi connectivity index (χ1n) is 19.1. The van der Waals surface area contributed by atoms with Crippen LogP contribution in [0.5, 0.6) is 5.75 Å². The van der Waals surface area contributed by atoms with Crippen LogP contribution in [-0.2, 0) is 20.8 Å². The first kappa shape index (κ1) is 39.8. The number of carbonyl (C=O) groups is 3. The number of halogens is 2. The van der Waals surface area contributed by atoms with Crippen LogP contribution in [0, 0.1) is 18.8 Å². The molecule has 2 aliphatic carbocycles. The number of rotatable bonds is 12. The normalized spacial score (nSPS) is 18.4. The first-order chi connectivity index (χ1) is 26.0. The molecule has 1 atom stereocenters. The van der Waals surface area contributed by atoms with Gasteiger partial charge in [0, 0.05) is 57.1 Å². The Morgan fingerprint density at radius 1 is 0.963 bits per heavy atom. The van der Waals surface area contributed by atoms with Crippen molar-refractivity contribution in [2.24, 2.45) is 11.8 Å². The van der Waals surface area contributed by atoms with E-state index < -0.39 is 12.1 Å². The summed E-state index contributed by atoms with van der Waals surface area (Å²) in [4.78, 5) is 42.5. The quantitative estimate of drug-likeness (QED) is 0.111. The Morgan fingerprint density at radius 2 is 1.67 bits per heavy atom. The van der Waals surface area contributed by atoms with Crippen molar-refractivity contribution in [2.75, 3.05) is 26.0 Å². The monoisotopic (exact) mass is 819 g/mol. The van der Waals surface area contributed by atoms with Gasteiger partial charge in [0.1, 0.15) is 11.9 Å². The van der Waals surface area contributed by atoms with E-state index in [0.29, 0.717) is 62.5 Å². The van der Waals surface area contributed by atoms with Gasteiger partial charge in [-0.05, 0) is 134 Å². The maximum absolute atomic E-state index is 14.0. The van der Waals surface area contributed by atoms with Crippen molar-refractivity contribution < 1.29 is 28.6 Å². The van der Waals surface area contributed by atoms with E-state index >= 15 is 0 Å². The zero-order valence-electron chi connectivity index (χ0n) is 31.7. The third-order valence-corrected chi connectivity index (χ3v) is 12.3. The van der Waals surface area contributed by atoms with Gasteiger partial charge in [-0.25, -0.2) is 4.79 Å². The number of hydrogen-bond acceptors (Lipinski definition) is 8. The molecular formula is C43H51BrClN3O6. The van der Waals surface area contributed by atoms with Crippen LogP contribution in [0.1, 0.15) is 115 Å². The number of nitrogens with two attached hydrogens (primary N) is 1. The zero-order chi connectivity index (χ0) is 38.5. The largest absolute Gasteiger partial charge is 0.497 e. The van der Waals surface area contributed by atoms with Crippen LogP contribution in [0.3, 0.4) is 0 Å². The molecule has 11 heteroatoms. The fourth-order valence-electron chi connectivity index (χ4n) is 8.48. The van der Waals surface area contributed by atoms with Crippen molar-refractivity contribution >= 4 is 62.0 Å². The molecular weight excluding hydrogens is 770 g/mol. The van der Waals surface area contributed by atoms with E-state index in [1.165, 1.54) is 39.0 Å². The van der Waals surface area contributed by atoms with Gasteiger partial charge in [-0.2, -0.15) is 0 Å². The Morgan fingerprint density at radius 3 is 2.31 bits per heavy atom. The fourth-order valence-corrected chi connectivity index (χ4v) is 9.11. The van der Waals surface area contributed by atoms with Gasteiger partial charge in [-0.1, -0.05) is 37.8 Å². The van der Waals surface area contributed by atoms with Crippen molar-refractivity contribution in [3.63, 3.8) is 0 Å². The minimum atomic E-state index is -0.582. The van der Waals surface area contributed by atoms with Crippen LogP contribution in [0.15, 0.2) is 59.1 Å². The van der Waals surface area contributed by atoms with Crippen LogP contribution >= 0.6 is 27.5 Å². The highest BCUT2D eigenvalue weighted by molar-refractivity contribution is 9.10. The second kappa shape index (κ2) is 17.7. The molecule has 0 amide bonds. The molecule has 6 rings (SSSR count). The summed E-state index contributed by atoms with van der Waals surface area (Å²) in [5, 5.41) is 1.34. The number of nitrogens with zero attached hydrogens (tertiary/aromatic N) is 2. The number of hydrogen-bond donors (Lipinski definition) is 1. The summed E-state index contributed by atoms with van der Waals surface area (Å²) in [6.45, 7) is 7.42. The summed E-state index contributed by atoms with van der Waals surface area (Å²) in [5.74, 6) is -0.158. The van der Waals surface area contributed by atoms with Crippen LogP contribution in [0.25, 0.3) is 10.9 Å². The molecule has 2 fully saturated rings. The summed E-state index contributed by atoms with van der Waals surface area (Å²) in [5.41, 5.74) is 11.3. The number of methoxy groups -OCH3 is 1. The third-order valence-electron chi connectivity index (χ3n) is 11.4. The van der Waals surface area contributed by atoms with Gasteiger partial charge >= 0.3 is 11.9 Å². The topological polar surface area (TPSA) is 113 Å². The van der Waals surface area contributed by atoms with Gasteiger partial charge in [-0.3, -0.25) is 19.1 Å². The molecule has 1 heterocycles. The Balaban J connectivity index is 1.17. The number of ether oxygens (including phenoxy) is 3. The zero-order valence-corrected chi connectivity index (χ0v) is 34.0. The molecule has 54 heavy (non-hydrogen) atoms. The lowest BCUT2D eigenvalue weighted by atomic mass is 9.77. The molecule has 2 N–H and O–H groups in total. The fraction of sp³-hybridized carbons (Fsp3) is 0.465. The highest BCUT2D eigenvalue weighted by atomic mass is 79.9. The Kier molecular flexibility index (Phi) is 13.1. The summed E-state index contributed by atoms with van der Waals surface area (Å²) in [6, 6.07) is 16.6. The lowest BCUT2D eigenvalue weighted by molar-refractivity contribution is -0.150. The molecule has 0 aliphatic heterocycles. The van der Waals surface area contributed by atoms with Crippen LogP contribution in [0.2, 0.25) is 5.02 Å². The summed E-state index contributed by atoms with van der Waals surface area (Å²) >= 11 is 9.71. The van der Waals surface area contributed by atoms with Gasteiger partial charge < -0.3 is 19.9 Å². The van der Waals surface area contributed by atoms with Gasteiger partial charge in [-0.15, -0.1) is 0 Å². The number of esters is 2. The van der Waals surface area contributed by atoms with E-state index in [4.69, 9.17) is 31.5 Å².